The first kappa shape index (κ1) is 11.4. The molecule has 0 radical (unpaired) electrons. The van der Waals surface area contributed by atoms with Crippen LogP contribution in [-0.2, 0) is 0 Å². The van der Waals surface area contributed by atoms with Crippen molar-refractivity contribution in [2.45, 2.75) is 51.5 Å². The minimum absolute atomic E-state index is 0.822. The predicted octanol–water partition coefficient (Wildman–Crippen LogP) is 2.24. The predicted molar refractivity (Wildman–Crippen MR) is 64.8 cm³/mol. The zero-order valence-electron chi connectivity index (χ0n) is 10.1. The standard InChI is InChI=1S/C13H26N2/c1-2-13-7-4-8-15(13)10-12-6-3-5-11(12)9-14/h11-13H,2-10,14H2,1H3. The van der Waals surface area contributed by atoms with E-state index < -0.39 is 0 Å². The molecule has 2 N–H and O–H groups in total. The van der Waals surface area contributed by atoms with Gasteiger partial charge in [-0.05, 0) is 57.0 Å². The largest absolute Gasteiger partial charge is 0.330 e. The lowest BCUT2D eigenvalue weighted by molar-refractivity contribution is 0.189. The van der Waals surface area contributed by atoms with Crippen molar-refractivity contribution >= 4 is 0 Å². The van der Waals surface area contributed by atoms with Gasteiger partial charge in [0.1, 0.15) is 0 Å². The average molecular weight is 210 g/mol. The second-order valence-corrected chi connectivity index (χ2v) is 5.39. The van der Waals surface area contributed by atoms with E-state index in [1.165, 1.54) is 51.6 Å². The fourth-order valence-electron chi connectivity index (χ4n) is 3.56. The van der Waals surface area contributed by atoms with Crippen LogP contribution in [0.4, 0.5) is 0 Å². The van der Waals surface area contributed by atoms with Gasteiger partial charge >= 0.3 is 0 Å². The van der Waals surface area contributed by atoms with Crippen LogP contribution >= 0.6 is 0 Å². The zero-order chi connectivity index (χ0) is 10.7. The molecule has 2 aliphatic rings. The molecule has 0 spiro atoms. The van der Waals surface area contributed by atoms with Crippen LogP contribution in [0, 0.1) is 11.8 Å². The van der Waals surface area contributed by atoms with E-state index in [0.29, 0.717) is 0 Å². The van der Waals surface area contributed by atoms with Crippen molar-refractivity contribution in [3.63, 3.8) is 0 Å². The second kappa shape index (κ2) is 5.31. The first-order valence-electron chi connectivity index (χ1n) is 6.79. The van der Waals surface area contributed by atoms with Crippen molar-refractivity contribution in [2.24, 2.45) is 17.6 Å². The molecule has 2 heteroatoms. The van der Waals surface area contributed by atoms with Crippen molar-refractivity contribution in [2.75, 3.05) is 19.6 Å². The maximum atomic E-state index is 5.85. The Morgan fingerprint density at radius 1 is 1.13 bits per heavy atom. The molecule has 0 bridgehead atoms. The Labute approximate surface area is 94.2 Å². The van der Waals surface area contributed by atoms with E-state index in [1.807, 2.05) is 0 Å². The summed E-state index contributed by atoms with van der Waals surface area (Å²) >= 11 is 0. The van der Waals surface area contributed by atoms with Crippen LogP contribution < -0.4 is 5.73 Å². The van der Waals surface area contributed by atoms with E-state index in [9.17, 15) is 0 Å². The molecule has 1 aliphatic heterocycles. The zero-order valence-corrected chi connectivity index (χ0v) is 10.1. The molecule has 15 heavy (non-hydrogen) atoms. The highest BCUT2D eigenvalue weighted by Gasteiger charge is 2.31. The van der Waals surface area contributed by atoms with E-state index in [2.05, 4.69) is 11.8 Å². The molecule has 1 saturated carbocycles. The third kappa shape index (κ3) is 2.54. The Hall–Kier alpha value is -0.0800. The van der Waals surface area contributed by atoms with Gasteiger partial charge in [-0.2, -0.15) is 0 Å². The van der Waals surface area contributed by atoms with Gasteiger partial charge in [-0.3, -0.25) is 0 Å². The van der Waals surface area contributed by atoms with Crippen LogP contribution in [0.5, 0.6) is 0 Å². The van der Waals surface area contributed by atoms with Gasteiger partial charge in [0.15, 0.2) is 0 Å². The Morgan fingerprint density at radius 3 is 2.67 bits per heavy atom. The fraction of sp³-hybridized carbons (Fsp3) is 1.00. The van der Waals surface area contributed by atoms with Crippen LogP contribution in [0.15, 0.2) is 0 Å². The van der Waals surface area contributed by atoms with Gasteiger partial charge in [-0.15, -0.1) is 0 Å². The summed E-state index contributed by atoms with van der Waals surface area (Å²) in [5, 5.41) is 0. The molecule has 2 nitrogen and oxygen atoms in total. The summed E-state index contributed by atoms with van der Waals surface area (Å²) in [6, 6.07) is 0.879. The molecule has 0 aromatic carbocycles. The summed E-state index contributed by atoms with van der Waals surface area (Å²) in [6.07, 6.45) is 8.40. The SMILES string of the molecule is CCC1CCCN1CC1CCCC1CN. The minimum atomic E-state index is 0.822. The van der Waals surface area contributed by atoms with Gasteiger partial charge in [-0.25, -0.2) is 0 Å². The van der Waals surface area contributed by atoms with E-state index >= 15 is 0 Å². The number of nitrogens with zero attached hydrogens (tertiary/aromatic N) is 1. The van der Waals surface area contributed by atoms with Gasteiger partial charge < -0.3 is 10.6 Å². The second-order valence-electron chi connectivity index (χ2n) is 5.39. The van der Waals surface area contributed by atoms with Crippen molar-refractivity contribution in [1.29, 1.82) is 0 Å². The maximum Gasteiger partial charge on any atom is 0.00932 e. The van der Waals surface area contributed by atoms with E-state index in [-0.39, 0.29) is 0 Å². The van der Waals surface area contributed by atoms with Crippen LogP contribution in [0.1, 0.15) is 45.4 Å². The van der Waals surface area contributed by atoms with Crippen molar-refractivity contribution in [3.05, 3.63) is 0 Å². The van der Waals surface area contributed by atoms with Gasteiger partial charge in [0.25, 0.3) is 0 Å². The van der Waals surface area contributed by atoms with Crippen molar-refractivity contribution in [3.8, 4) is 0 Å². The number of nitrogens with two attached hydrogens (primary N) is 1. The molecule has 0 aromatic rings. The normalized spacial score (nSPS) is 37.6. The molecule has 1 aliphatic carbocycles. The molecule has 0 amide bonds. The Morgan fingerprint density at radius 2 is 1.93 bits per heavy atom. The third-order valence-electron chi connectivity index (χ3n) is 4.56. The average Bonchev–Trinajstić information content (AvgIpc) is 2.87. The van der Waals surface area contributed by atoms with E-state index in [4.69, 9.17) is 5.73 Å². The molecule has 3 unspecified atom stereocenters. The summed E-state index contributed by atoms with van der Waals surface area (Å²) in [5.74, 6) is 1.73. The Balaban J connectivity index is 1.84. The van der Waals surface area contributed by atoms with Crippen LogP contribution in [-0.4, -0.2) is 30.6 Å². The molecule has 88 valence electrons. The molecule has 0 aromatic heterocycles. The smallest absolute Gasteiger partial charge is 0.00932 e. The number of rotatable bonds is 4. The topological polar surface area (TPSA) is 29.3 Å². The van der Waals surface area contributed by atoms with Crippen molar-refractivity contribution in [1.82, 2.24) is 4.90 Å². The highest BCUT2D eigenvalue weighted by atomic mass is 15.2. The number of likely N-dealkylation sites (tertiary alicyclic amines) is 1. The van der Waals surface area contributed by atoms with Crippen molar-refractivity contribution < 1.29 is 0 Å². The molecule has 1 saturated heterocycles. The molecule has 3 atom stereocenters. The van der Waals surface area contributed by atoms with Crippen LogP contribution in [0.25, 0.3) is 0 Å². The van der Waals surface area contributed by atoms with Gasteiger partial charge in [-0.1, -0.05) is 13.3 Å². The van der Waals surface area contributed by atoms with E-state index in [0.717, 1.165) is 24.4 Å². The molecule has 2 fully saturated rings. The number of hydrogen-bond acceptors (Lipinski definition) is 2. The fourth-order valence-corrected chi connectivity index (χ4v) is 3.56. The van der Waals surface area contributed by atoms with Gasteiger partial charge in [0.2, 0.25) is 0 Å². The summed E-state index contributed by atoms with van der Waals surface area (Å²) in [6.45, 7) is 5.92. The lowest BCUT2D eigenvalue weighted by Crippen LogP contribution is -2.36. The summed E-state index contributed by atoms with van der Waals surface area (Å²) < 4.78 is 0. The monoisotopic (exact) mass is 210 g/mol. The first-order chi connectivity index (χ1) is 7.35. The third-order valence-corrected chi connectivity index (χ3v) is 4.56. The van der Waals surface area contributed by atoms with Crippen LogP contribution in [0.2, 0.25) is 0 Å². The van der Waals surface area contributed by atoms with Gasteiger partial charge in [0, 0.05) is 12.6 Å². The lowest BCUT2D eigenvalue weighted by Gasteiger charge is -2.29. The highest BCUT2D eigenvalue weighted by Crippen LogP contribution is 2.33. The molecular weight excluding hydrogens is 184 g/mol. The summed E-state index contributed by atoms with van der Waals surface area (Å²) in [7, 11) is 0. The number of hydrogen-bond donors (Lipinski definition) is 1. The summed E-state index contributed by atoms with van der Waals surface area (Å²) in [4.78, 5) is 2.73. The van der Waals surface area contributed by atoms with E-state index in [1.54, 1.807) is 0 Å². The highest BCUT2D eigenvalue weighted by molar-refractivity contribution is 4.85. The maximum absolute atomic E-state index is 5.85. The minimum Gasteiger partial charge on any atom is -0.330 e. The van der Waals surface area contributed by atoms with Gasteiger partial charge in [0.05, 0.1) is 0 Å². The lowest BCUT2D eigenvalue weighted by atomic mass is 9.95. The molecule has 1 heterocycles. The Bertz CT molecular complexity index is 173. The Kier molecular flexibility index (Phi) is 4.04. The van der Waals surface area contributed by atoms with Crippen LogP contribution in [0.3, 0.4) is 0 Å². The molecular formula is C13H26N2. The molecule has 2 rings (SSSR count). The quantitative estimate of drug-likeness (QED) is 0.771. The summed E-state index contributed by atoms with van der Waals surface area (Å²) in [5.41, 5.74) is 5.85. The first-order valence-corrected chi connectivity index (χ1v) is 6.79.